The van der Waals surface area contributed by atoms with E-state index in [1.807, 2.05) is 35.6 Å². The van der Waals surface area contributed by atoms with E-state index < -0.39 is 0 Å². The number of nitrogens with one attached hydrogen (secondary N) is 1. The van der Waals surface area contributed by atoms with Gasteiger partial charge in [0.25, 0.3) is 0 Å². The maximum absolute atomic E-state index is 12.6. The molecule has 4 rings (SSSR count). The van der Waals surface area contributed by atoms with Crippen LogP contribution in [0.1, 0.15) is 56.2 Å². The van der Waals surface area contributed by atoms with Crippen LogP contribution in [0.3, 0.4) is 0 Å². The molecule has 1 unspecified atom stereocenters. The third kappa shape index (κ3) is 4.72. The van der Waals surface area contributed by atoms with E-state index in [0.29, 0.717) is 5.75 Å². The van der Waals surface area contributed by atoms with Crippen LogP contribution in [0.2, 0.25) is 0 Å². The fraction of sp³-hybridized carbons (Fsp3) is 0.458. The van der Waals surface area contributed by atoms with Crippen molar-refractivity contribution in [2.75, 3.05) is 11.1 Å². The molecule has 0 spiro atoms. The van der Waals surface area contributed by atoms with Crippen molar-refractivity contribution in [2.24, 2.45) is 5.92 Å². The van der Waals surface area contributed by atoms with Gasteiger partial charge < -0.3 is 5.32 Å². The van der Waals surface area contributed by atoms with Crippen LogP contribution in [0.15, 0.2) is 34.8 Å². The number of amides is 1. The lowest BCUT2D eigenvalue weighted by atomic mass is 9.88. The first-order valence-corrected chi connectivity index (χ1v) is 12.9. The average Bonchev–Trinajstić information content (AvgIpc) is 3.36. The molecule has 0 fully saturated rings. The molecule has 5 nitrogen and oxygen atoms in total. The van der Waals surface area contributed by atoms with Gasteiger partial charge in [0.05, 0.1) is 5.75 Å². The van der Waals surface area contributed by atoms with Gasteiger partial charge in [-0.2, -0.15) is 0 Å². The average molecular weight is 455 g/mol. The zero-order valence-electron chi connectivity index (χ0n) is 18.6. The van der Waals surface area contributed by atoms with Crippen LogP contribution in [0.25, 0.3) is 11.4 Å². The Bertz CT molecular complexity index is 1070. The summed E-state index contributed by atoms with van der Waals surface area (Å²) in [6.07, 6.45) is 4.39. The van der Waals surface area contributed by atoms with Crippen molar-refractivity contribution in [3.63, 3.8) is 0 Å². The number of benzene rings is 1. The maximum Gasteiger partial charge on any atom is 0.234 e. The van der Waals surface area contributed by atoms with Gasteiger partial charge in [0.2, 0.25) is 5.91 Å². The Hall–Kier alpha value is -2.12. The Kier molecular flexibility index (Phi) is 6.82. The van der Waals surface area contributed by atoms with Gasteiger partial charge in [-0.25, -0.2) is 0 Å². The van der Waals surface area contributed by atoms with Gasteiger partial charge in [0.15, 0.2) is 11.0 Å². The third-order valence-corrected chi connectivity index (χ3v) is 7.82. The lowest BCUT2D eigenvalue weighted by Gasteiger charge is -2.19. The summed E-state index contributed by atoms with van der Waals surface area (Å²) in [7, 11) is 0. The number of para-hydroxylation sites is 1. The van der Waals surface area contributed by atoms with Crippen LogP contribution in [0.4, 0.5) is 5.69 Å². The highest BCUT2D eigenvalue weighted by Crippen LogP contribution is 2.39. The van der Waals surface area contributed by atoms with E-state index in [-0.39, 0.29) is 11.9 Å². The van der Waals surface area contributed by atoms with Gasteiger partial charge in [-0.15, -0.1) is 21.5 Å². The van der Waals surface area contributed by atoms with Crippen molar-refractivity contribution in [1.82, 2.24) is 14.8 Å². The van der Waals surface area contributed by atoms with Crippen molar-refractivity contribution < 1.29 is 4.79 Å². The highest BCUT2D eigenvalue weighted by molar-refractivity contribution is 7.99. The fourth-order valence-electron chi connectivity index (χ4n) is 4.16. The van der Waals surface area contributed by atoms with Gasteiger partial charge in [0.1, 0.15) is 0 Å². The van der Waals surface area contributed by atoms with Crippen LogP contribution in [0.5, 0.6) is 0 Å². The number of thiophene rings is 1. The summed E-state index contributed by atoms with van der Waals surface area (Å²) >= 11 is 3.30. The molecule has 2 aromatic heterocycles. The van der Waals surface area contributed by atoms with E-state index in [1.165, 1.54) is 34.2 Å². The number of hydrogen-bond donors (Lipinski definition) is 1. The second-order valence-electron chi connectivity index (χ2n) is 8.52. The summed E-state index contributed by atoms with van der Waals surface area (Å²) in [5.74, 6) is 1.97. The van der Waals surface area contributed by atoms with Crippen molar-refractivity contribution in [3.8, 4) is 11.4 Å². The minimum absolute atomic E-state index is 0.0207. The standard InChI is InChI=1S/C24H30N4OS2/c1-5-17-8-6-7-9-20(17)25-22(29)14-31-24-27-26-23(28(24)15(2)3)19-13-30-21-12-16(4)10-11-18(19)21/h6-9,13,15-16H,5,10-12,14H2,1-4H3,(H,25,29). The number of fused-ring (bicyclic) bond motifs is 1. The number of rotatable bonds is 7. The van der Waals surface area contributed by atoms with Crippen LogP contribution in [-0.2, 0) is 24.1 Å². The first-order chi connectivity index (χ1) is 15.0. The number of thioether (sulfide) groups is 1. The minimum atomic E-state index is -0.0207. The monoisotopic (exact) mass is 454 g/mol. The summed E-state index contributed by atoms with van der Waals surface area (Å²) < 4.78 is 2.18. The number of hydrogen-bond acceptors (Lipinski definition) is 5. The van der Waals surface area contributed by atoms with Gasteiger partial charge in [-0.1, -0.05) is 43.8 Å². The van der Waals surface area contributed by atoms with Crippen LogP contribution in [0, 0.1) is 5.92 Å². The predicted molar refractivity (Wildman–Crippen MR) is 130 cm³/mol. The Balaban J connectivity index is 1.51. The zero-order chi connectivity index (χ0) is 22.0. The van der Waals surface area contributed by atoms with Crippen molar-refractivity contribution >= 4 is 34.7 Å². The van der Waals surface area contributed by atoms with E-state index in [9.17, 15) is 4.79 Å². The van der Waals surface area contributed by atoms with Gasteiger partial charge in [-0.3, -0.25) is 9.36 Å². The van der Waals surface area contributed by atoms with Gasteiger partial charge >= 0.3 is 0 Å². The Morgan fingerprint density at radius 3 is 2.90 bits per heavy atom. The molecule has 1 amide bonds. The van der Waals surface area contributed by atoms with Crippen molar-refractivity contribution in [2.45, 2.75) is 64.6 Å². The molecule has 2 heterocycles. The lowest BCUT2D eigenvalue weighted by Crippen LogP contribution is -2.16. The van der Waals surface area contributed by atoms with E-state index >= 15 is 0 Å². The molecule has 1 aliphatic rings. The Morgan fingerprint density at radius 1 is 1.32 bits per heavy atom. The molecule has 1 atom stereocenters. The number of aryl methyl sites for hydroxylation is 1. The van der Waals surface area contributed by atoms with Crippen molar-refractivity contribution in [3.05, 3.63) is 45.6 Å². The highest BCUT2D eigenvalue weighted by Gasteiger charge is 2.25. The van der Waals surface area contributed by atoms with E-state index in [1.54, 1.807) is 0 Å². The molecule has 1 aromatic carbocycles. The molecule has 0 aliphatic heterocycles. The van der Waals surface area contributed by atoms with E-state index in [0.717, 1.165) is 47.4 Å². The van der Waals surface area contributed by atoms with Crippen LogP contribution >= 0.6 is 23.1 Å². The number of anilines is 1. The van der Waals surface area contributed by atoms with E-state index in [4.69, 9.17) is 0 Å². The fourth-order valence-corrected chi connectivity index (χ4v) is 6.27. The van der Waals surface area contributed by atoms with E-state index in [2.05, 4.69) is 53.2 Å². The molecule has 1 aliphatic carbocycles. The maximum atomic E-state index is 12.6. The topological polar surface area (TPSA) is 59.8 Å². The molecule has 164 valence electrons. The quantitative estimate of drug-likeness (QED) is 0.444. The Morgan fingerprint density at radius 2 is 2.13 bits per heavy atom. The molecule has 31 heavy (non-hydrogen) atoms. The van der Waals surface area contributed by atoms with Crippen LogP contribution < -0.4 is 5.32 Å². The highest BCUT2D eigenvalue weighted by atomic mass is 32.2. The van der Waals surface area contributed by atoms with Crippen LogP contribution in [-0.4, -0.2) is 26.4 Å². The minimum Gasteiger partial charge on any atom is -0.325 e. The molecule has 0 saturated heterocycles. The summed E-state index contributed by atoms with van der Waals surface area (Å²) in [6.45, 7) is 8.72. The lowest BCUT2D eigenvalue weighted by molar-refractivity contribution is -0.113. The molecule has 1 N–H and O–H groups in total. The molecule has 3 aromatic rings. The molecule has 0 saturated carbocycles. The summed E-state index contributed by atoms with van der Waals surface area (Å²) in [4.78, 5) is 14.1. The molecule has 7 heteroatoms. The Labute approximate surface area is 192 Å². The smallest absolute Gasteiger partial charge is 0.234 e. The molecule has 0 radical (unpaired) electrons. The van der Waals surface area contributed by atoms with Gasteiger partial charge in [0, 0.05) is 27.5 Å². The SMILES string of the molecule is CCc1ccccc1NC(=O)CSc1nnc(-c2csc3c2CCC(C)C3)n1C(C)C. The number of carbonyl (C=O) groups excluding carboxylic acids is 1. The van der Waals surface area contributed by atoms with Crippen molar-refractivity contribution in [1.29, 1.82) is 0 Å². The molecular weight excluding hydrogens is 424 g/mol. The summed E-state index contributed by atoms with van der Waals surface area (Å²) in [6, 6.07) is 8.17. The third-order valence-electron chi connectivity index (χ3n) is 5.83. The summed E-state index contributed by atoms with van der Waals surface area (Å²) in [5.41, 5.74) is 4.70. The second kappa shape index (κ2) is 9.57. The molecular formula is C24H30N4OS2. The zero-order valence-corrected chi connectivity index (χ0v) is 20.3. The number of carbonyl (C=O) groups is 1. The second-order valence-corrected chi connectivity index (χ2v) is 10.4. The number of nitrogens with zero attached hydrogens (tertiary/aromatic N) is 3. The molecule has 0 bridgehead atoms. The normalized spacial score (nSPS) is 15.8. The summed E-state index contributed by atoms with van der Waals surface area (Å²) in [5, 5.41) is 15.1. The number of aromatic nitrogens is 3. The first kappa shape index (κ1) is 22.1. The van der Waals surface area contributed by atoms with Gasteiger partial charge in [-0.05, 0) is 62.6 Å². The first-order valence-electron chi connectivity index (χ1n) is 11.0. The predicted octanol–water partition coefficient (Wildman–Crippen LogP) is 6.01. The largest absolute Gasteiger partial charge is 0.325 e.